The zero-order valence-corrected chi connectivity index (χ0v) is 12.3. The summed E-state index contributed by atoms with van der Waals surface area (Å²) in [5, 5.41) is 9.67. The van der Waals surface area contributed by atoms with Crippen LogP contribution < -0.4 is 5.32 Å². The second-order valence-corrected chi connectivity index (χ2v) is 5.01. The Kier molecular flexibility index (Phi) is 4.16. The van der Waals surface area contributed by atoms with Crippen molar-refractivity contribution < 1.29 is 4.79 Å². The zero-order chi connectivity index (χ0) is 13.8. The number of nitrogens with zero attached hydrogens (tertiary/aromatic N) is 1. The minimum Gasteiger partial charge on any atom is -0.319 e. The van der Waals surface area contributed by atoms with E-state index in [-0.39, 0.29) is 5.91 Å². The Morgan fingerprint density at radius 2 is 2.11 bits per heavy atom. The van der Waals surface area contributed by atoms with E-state index >= 15 is 0 Å². The number of nitrogens with one attached hydrogen (secondary N) is 2. The van der Waals surface area contributed by atoms with Crippen LogP contribution in [0.5, 0.6) is 0 Å². The smallest absolute Gasteiger partial charge is 0.248 e. The molecule has 0 saturated carbocycles. The minimum absolute atomic E-state index is 0.177. The number of hydrogen-bond donors (Lipinski definition) is 2. The summed E-state index contributed by atoms with van der Waals surface area (Å²) in [4.78, 5) is 11.8. The molecule has 0 fully saturated rings. The van der Waals surface area contributed by atoms with E-state index in [1.54, 1.807) is 6.08 Å². The Morgan fingerprint density at radius 3 is 2.74 bits per heavy atom. The lowest BCUT2D eigenvalue weighted by molar-refractivity contribution is -0.111. The first-order valence-electron chi connectivity index (χ1n) is 5.83. The van der Waals surface area contributed by atoms with Gasteiger partial charge in [-0.1, -0.05) is 34.1 Å². The lowest BCUT2D eigenvalue weighted by Gasteiger charge is -2.01. The predicted molar refractivity (Wildman–Crippen MR) is 79.9 cm³/mol. The average molecular weight is 320 g/mol. The summed E-state index contributed by atoms with van der Waals surface area (Å²) in [5.74, 6) is -0.177. The number of halogens is 1. The first-order chi connectivity index (χ1) is 9.08. The molecule has 0 saturated heterocycles. The maximum atomic E-state index is 11.8. The lowest BCUT2D eigenvalue weighted by atomic mass is 10.2. The number of H-pyrrole nitrogens is 1. The Hall–Kier alpha value is -1.88. The first kappa shape index (κ1) is 13.5. The molecule has 0 bridgehead atoms. The number of benzene rings is 1. The lowest BCUT2D eigenvalue weighted by Crippen LogP contribution is -2.09. The highest BCUT2D eigenvalue weighted by atomic mass is 79.9. The summed E-state index contributed by atoms with van der Waals surface area (Å²) in [6.07, 6.45) is 3.27. The molecule has 5 heteroatoms. The largest absolute Gasteiger partial charge is 0.319 e. The standard InChI is InChI=1S/C14H14BrN3O/c1-9-14(10(2)18-17-9)16-13(19)8-7-11-5-3-4-6-12(11)15/h3-8H,1-2H3,(H,16,19)(H,17,18)/b8-7+. The molecular weight excluding hydrogens is 306 g/mol. The van der Waals surface area contributed by atoms with Crippen molar-refractivity contribution in [2.24, 2.45) is 0 Å². The van der Waals surface area contributed by atoms with Crippen LogP contribution in [0.1, 0.15) is 17.0 Å². The summed E-state index contributed by atoms with van der Waals surface area (Å²) in [5.41, 5.74) is 3.32. The van der Waals surface area contributed by atoms with E-state index in [2.05, 4.69) is 31.4 Å². The number of aromatic amines is 1. The van der Waals surface area contributed by atoms with Crippen molar-refractivity contribution in [3.05, 3.63) is 51.8 Å². The van der Waals surface area contributed by atoms with Gasteiger partial charge in [-0.3, -0.25) is 9.89 Å². The van der Waals surface area contributed by atoms with Gasteiger partial charge in [-0.2, -0.15) is 5.10 Å². The maximum absolute atomic E-state index is 11.8. The third-order valence-electron chi connectivity index (χ3n) is 2.70. The fourth-order valence-electron chi connectivity index (χ4n) is 1.68. The Morgan fingerprint density at radius 1 is 1.37 bits per heavy atom. The highest BCUT2D eigenvalue weighted by Crippen LogP contribution is 2.18. The summed E-state index contributed by atoms with van der Waals surface area (Å²) in [6, 6.07) is 7.72. The molecule has 0 aliphatic rings. The molecule has 0 aliphatic heterocycles. The van der Waals surface area contributed by atoms with E-state index in [9.17, 15) is 4.79 Å². The van der Waals surface area contributed by atoms with Crippen LogP contribution >= 0.6 is 15.9 Å². The topological polar surface area (TPSA) is 57.8 Å². The molecule has 0 atom stereocenters. The summed E-state index contributed by atoms with van der Waals surface area (Å²) in [6.45, 7) is 3.71. The third kappa shape index (κ3) is 3.32. The quantitative estimate of drug-likeness (QED) is 0.851. The van der Waals surface area contributed by atoms with E-state index in [0.717, 1.165) is 27.1 Å². The third-order valence-corrected chi connectivity index (χ3v) is 3.42. The van der Waals surface area contributed by atoms with E-state index in [1.165, 1.54) is 6.08 Å². The number of amides is 1. The van der Waals surface area contributed by atoms with Gasteiger partial charge in [-0.05, 0) is 31.6 Å². The zero-order valence-electron chi connectivity index (χ0n) is 10.7. The molecule has 0 spiro atoms. The molecule has 1 heterocycles. The number of aryl methyl sites for hydroxylation is 2. The minimum atomic E-state index is -0.177. The summed E-state index contributed by atoms with van der Waals surface area (Å²) >= 11 is 3.43. The fraction of sp³-hybridized carbons (Fsp3) is 0.143. The van der Waals surface area contributed by atoms with Gasteiger partial charge in [0.25, 0.3) is 0 Å². The molecular formula is C14H14BrN3O. The molecule has 2 aromatic rings. The van der Waals surface area contributed by atoms with Gasteiger partial charge in [0.15, 0.2) is 0 Å². The molecule has 4 nitrogen and oxygen atoms in total. The molecule has 19 heavy (non-hydrogen) atoms. The Labute approximate surface area is 120 Å². The maximum Gasteiger partial charge on any atom is 0.248 e. The normalized spacial score (nSPS) is 10.9. The first-order valence-corrected chi connectivity index (χ1v) is 6.62. The number of hydrogen-bond acceptors (Lipinski definition) is 2. The van der Waals surface area contributed by atoms with Gasteiger partial charge in [-0.15, -0.1) is 0 Å². The van der Waals surface area contributed by atoms with E-state index in [0.29, 0.717) is 0 Å². The number of carbonyl (C=O) groups is 1. The van der Waals surface area contributed by atoms with Crippen LogP contribution in [0.3, 0.4) is 0 Å². The molecule has 1 aromatic carbocycles. The van der Waals surface area contributed by atoms with Crippen LogP contribution in [0.15, 0.2) is 34.8 Å². The number of anilines is 1. The van der Waals surface area contributed by atoms with Gasteiger partial charge in [-0.25, -0.2) is 0 Å². The van der Waals surface area contributed by atoms with Crippen molar-refractivity contribution in [1.29, 1.82) is 0 Å². The Bertz CT molecular complexity index is 612. The number of aromatic nitrogens is 2. The fourth-order valence-corrected chi connectivity index (χ4v) is 2.09. The number of rotatable bonds is 3. The van der Waals surface area contributed by atoms with Crippen LogP contribution in [0.25, 0.3) is 6.08 Å². The summed E-state index contributed by atoms with van der Waals surface area (Å²) < 4.78 is 0.953. The molecule has 2 rings (SSSR count). The van der Waals surface area contributed by atoms with Gasteiger partial charge >= 0.3 is 0 Å². The van der Waals surface area contributed by atoms with Gasteiger partial charge < -0.3 is 5.32 Å². The highest BCUT2D eigenvalue weighted by molar-refractivity contribution is 9.10. The number of carbonyl (C=O) groups excluding carboxylic acids is 1. The molecule has 98 valence electrons. The van der Waals surface area contributed by atoms with Crippen molar-refractivity contribution in [2.75, 3.05) is 5.32 Å². The molecule has 0 unspecified atom stereocenters. The van der Waals surface area contributed by atoms with Gasteiger partial charge in [0.05, 0.1) is 17.1 Å². The predicted octanol–water partition coefficient (Wildman–Crippen LogP) is 3.44. The SMILES string of the molecule is Cc1n[nH]c(C)c1NC(=O)/C=C/c1ccccc1Br. The monoisotopic (exact) mass is 319 g/mol. The van der Waals surface area contributed by atoms with Gasteiger partial charge in [0.1, 0.15) is 0 Å². The second-order valence-electron chi connectivity index (χ2n) is 4.15. The van der Waals surface area contributed by atoms with E-state index in [4.69, 9.17) is 0 Å². The van der Waals surface area contributed by atoms with E-state index in [1.807, 2.05) is 38.1 Å². The molecule has 1 aromatic heterocycles. The van der Waals surface area contributed by atoms with Crippen molar-refractivity contribution in [1.82, 2.24) is 10.2 Å². The van der Waals surface area contributed by atoms with Crippen LogP contribution in [-0.2, 0) is 4.79 Å². The summed E-state index contributed by atoms with van der Waals surface area (Å²) in [7, 11) is 0. The van der Waals surface area contributed by atoms with E-state index < -0.39 is 0 Å². The second kappa shape index (κ2) is 5.84. The molecule has 1 amide bonds. The van der Waals surface area contributed by atoms with Crippen LogP contribution in [0, 0.1) is 13.8 Å². The van der Waals surface area contributed by atoms with Crippen molar-refractivity contribution in [3.8, 4) is 0 Å². The van der Waals surface area contributed by atoms with Crippen molar-refractivity contribution in [3.63, 3.8) is 0 Å². The van der Waals surface area contributed by atoms with Crippen LogP contribution in [0.4, 0.5) is 5.69 Å². The highest BCUT2D eigenvalue weighted by Gasteiger charge is 2.07. The van der Waals surface area contributed by atoms with Crippen molar-refractivity contribution in [2.45, 2.75) is 13.8 Å². The average Bonchev–Trinajstić information content (AvgIpc) is 2.70. The van der Waals surface area contributed by atoms with Gasteiger partial charge in [0.2, 0.25) is 5.91 Å². The molecule has 0 radical (unpaired) electrons. The molecule has 2 N–H and O–H groups in total. The van der Waals surface area contributed by atoms with Gasteiger partial charge in [0, 0.05) is 10.5 Å². The Balaban J connectivity index is 2.08. The van der Waals surface area contributed by atoms with Crippen molar-refractivity contribution >= 4 is 33.6 Å². The molecule has 0 aliphatic carbocycles. The van der Waals surface area contributed by atoms with Crippen LogP contribution in [-0.4, -0.2) is 16.1 Å². The van der Waals surface area contributed by atoms with Crippen LogP contribution in [0.2, 0.25) is 0 Å².